The van der Waals surface area contributed by atoms with Crippen LogP contribution in [0.2, 0.25) is 0 Å². The Hall–Kier alpha value is -1.02. The van der Waals surface area contributed by atoms with Crippen LogP contribution in [0.15, 0.2) is 18.2 Å². The number of aliphatic hydroxyl groups is 1. The molecule has 1 atom stereocenters. The van der Waals surface area contributed by atoms with E-state index in [0.717, 1.165) is 24.2 Å². The van der Waals surface area contributed by atoms with Gasteiger partial charge in [-0.3, -0.25) is 0 Å². The summed E-state index contributed by atoms with van der Waals surface area (Å²) in [5, 5.41) is 10.3. The summed E-state index contributed by atoms with van der Waals surface area (Å²) in [5.41, 5.74) is 2.53. The molecule has 1 aromatic carbocycles. The molecule has 1 unspecified atom stereocenters. The van der Waals surface area contributed by atoms with E-state index in [0.29, 0.717) is 0 Å². The molecule has 1 aromatic rings. The molecule has 1 N–H and O–H groups in total. The quantitative estimate of drug-likeness (QED) is 0.761. The number of benzene rings is 1. The molecule has 2 heteroatoms. The fraction of sp³-hybridized carbons (Fsp3) is 0.538. The van der Waals surface area contributed by atoms with Gasteiger partial charge in [0.05, 0.1) is 13.2 Å². The fourth-order valence-electron chi connectivity index (χ4n) is 2.82. The number of ether oxygens (including phenoxy) is 1. The Bertz CT molecular complexity index is 394. The van der Waals surface area contributed by atoms with Crippen molar-refractivity contribution in [3.05, 3.63) is 29.3 Å². The summed E-state index contributed by atoms with van der Waals surface area (Å²) in [6.07, 6.45) is 4.27. The molecule has 2 aliphatic carbocycles. The molecular formula is C13H16O2. The number of rotatable bonds is 1. The van der Waals surface area contributed by atoms with Gasteiger partial charge in [-0.1, -0.05) is 12.1 Å². The molecule has 80 valence electrons. The smallest absolute Gasteiger partial charge is 0.122 e. The van der Waals surface area contributed by atoms with Gasteiger partial charge >= 0.3 is 0 Å². The third kappa shape index (κ3) is 1.21. The third-order valence-electron chi connectivity index (χ3n) is 4.03. The van der Waals surface area contributed by atoms with Crippen molar-refractivity contribution in [2.45, 2.75) is 31.8 Å². The number of methoxy groups -OCH3 is 1. The van der Waals surface area contributed by atoms with E-state index in [1.165, 1.54) is 18.4 Å². The Morgan fingerprint density at radius 2 is 2.13 bits per heavy atom. The normalized spacial score (nSPS) is 26.1. The minimum atomic E-state index is -0.267. The Morgan fingerprint density at radius 3 is 2.80 bits per heavy atom. The lowest BCUT2D eigenvalue weighted by Gasteiger charge is -2.31. The van der Waals surface area contributed by atoms with E-state index in [9.17, 15) is 5.11 Å². The van der Waals surface area contributed by atoms with Crippen molar-refractivity contribution in [3.8, 4) is 5.75 Å². The summed E-state index contributed by atoms with van der Waals surface area (Å²) in [5.74, 6) is 0.932. The molecule has 0 aromatic heterocycles. The van der Waals surface area contributed by atoms with Gasteiger partial charge in [0.1, 0.15) is 5.75 Å². The maximum Gasteiger partial charge on any atom is 0.122 e. The van der Waals surface area contributed by atoms with E-state index < -0.39 is 0 Å². The highest BCUT2D eigenvalue weighted by Crippen LogP contribution is 2.61. The van der Waals surface area contributed by atoms with Crippen LogP contribution in [0.3, 0.4) is 0 Å². The van der Waals surface area contributed by atoms with Crippen molar-refractivity contribution in [1.29, 1.82) is 0 Å². The van der Waals surface area contributed by atoms with Crippen LogP contribution in [0.4, 0.5) is 0 Å². The molecule has 1 fully saturated rings. The van der Waals surface area contributed by atoms with Crippen LogP contribution in [0.5, 0.6) is 5.75 Å². The van der Waals surface area contributed by atoms with Crippen molar-refractivity contribution in [3.63, 3.8) is 0 Å². The molecule has 0 bridgehead atoms. The van der Waals surface area contributed by atoms with Gasteiger partial charge in [0, 0.05) is 5.41 Å². The second-order valence-electron chi connectivity index (χ2n) is 4.79. The van der Waals surface area contributed by atoms with E-state index in [1.807, 2.05) is 18.2 Å². The highest BCUT2D eigenvalue weighted by atomic mass is 16.5. The summed E-state index contributed by atoms with van der Waals surface area (Å²) in [6, 6.07) is 6.00. The summed E-state index contributed by atoms with van der Waals surface area (Å²) in [6.45, 7) is 0. The van der Waals surface area contributed by atoms with Crippen molar-refractivity contribution in [2.75, 3.05) is 7.11 Å². The van der Waals surface area contributed by atoms with Crippen molar-refractivity contribution in [1.82, 2.24) is 0 Å². The van der Waals surface area contributed by atoms with Crippen molar-refractivity contribution >= 4 is 0 Å². The summed E-state index contributed by atoms with van der Waals surface area (Å²) in [4.78, 5) is 0. The summed E-state index contributed by atoms with van der Waals surface area (Å²) >= 11 is 0. The molecule has 1 spiro atoms. The van der Waals surface area contributed by atoms with E-state index in [1.54, 1.807) is 7.11 Å². The summed E-state index contributed by atoms with van der Waals surface area (Å²) in [7, 11) is 1.70. The zero-order chi connectivity index (χ0) is 10.5. The first-order chi connectivity index (χ1) is 7.27. The highest BCUT2D eigenvalue weighted by molar-refractivity contribution is 5.44. The van der Waals surface area contributed by atoms with Crippen molar-refractivity contribution < 1.29 is 9.84 Å². The first kappa shape index (κ1) is 9.22. The standard InChI is InChI=1S/C13H16O2/c1-15-11-4-2-3-10-9(11)5-6-13(7-8-13)12(10)14/h2-4,12,14H,5-8H2,1H3. The van der Waals surface area contributed by atoms with Gasteiger partial charge in [-0.05, 0) is 42.9 Å². The zero-order valence-electron chi connectivity index (χ0n) is 8.99. The van der Waals surface area contributed by atoms with Gasteiger partial charge in [0.15, 0.2) is 0 Å². The Labute approximate surface area is 89.9 Å². The molecular weight excluding hydrogens is 188 g/mol. The largest absolute Gasteiger partial charge is 0.496 e. The molecule has 2 nitrogen and oxygen atoms in total. The van der Waals surface area contributed by atoms with E-state index >= 15 is 0 Å². The Balaban J connectivity index is 2.08. The lowest BCUT2D eigenvalue weighted by atomic mass is 9.79. The van der Waals surface area contributed by atoms with Gasteiger partial charge in [0.2, 0.25) is 0 Å². The van der Waals surface area contributed by atoms with Gasteiger partial charge in [-0.15, -0.1) is 0 Å². The average molecular weight is 204 g/mol. The molecule has 0 aliphatic heterocycles. The average Bonchev–Trinajstić information content (AvgIpc) is 3.04. The predicted molar refractivity (Wildman–Crippen MR) is 57.9 cm³/mol. The van der Waals surface area contributed by atoms with Crippen LogP contribution >= 0.6 is 0 Å². The molecule has 0 heterocycles. The summed E-state index contributed by atoms with van der Waals surface area (Å²) < 4.78 is 5.34. The first-order valence-electron chi connectivity index (χ1n) is 5.61. The van der Waals surface area contributed by atoms with Gasteiger partial charge in [-0.25, -0.2) is 0 Å². The molecule has 0 radical (unpaired) electrons. The third-order valence-corrected chi connectivity index (χ3v) is 4.03. The molecule has 3 rings (SSSR count). The predicted octanol–water partition coefficient (Wildman–Crippen LogP) is 2.46. The van der Waals surface area contributed by atoms with Gasteiger partial charge in [-0.2, -0.15) is 0 Å². The molecule has 15 heavy (non-hydrogen) atoms. The van der Waals surface area contributed by atoms with E-state index in [4.69, 9.17) is 4.74 Å². The molecule has 2 aliphatic rings. The van der Waals surface area contributed by atoms with Gasteiger partial charge in [0.25, 0.3) is 0 Å². The second kappa shape index (κ2) is 2.99. The van der Waals surface area contributed by atoms with Crippen LogP contribution in [-0.4, -0.2) is 12.2 Å². The minimum Gasteiger partial charge on any atom is -0.496 e. The Kier molecular flexibility index (Phi) is 1.84. The number of fused-ring (bicyclic) bond motifs is 1. The maximum atomic E-state index is 10.3. The lowest BCUT2D eigenvalue weighted by molar-refractivity contribution is 0.0772. The van der Waals surface area contributed by atoms with E-state index in [2.05, 4.69) is 0 Å². The zero-order valence-corrected chi connectivity index (χ0v) is 8.99. The number of hydrogen-bond donors (Lipinski definition) is 1. The van der Waals surface area contributed by atoms with Crippen LogP contribution in [0.25, 0.3) is 0 Å². The molecule has 1 saturated carbocycles. The van der Waals surface area contributed by atoms with E-state index in [-0.39, 0.29) is 11.5 Å². The van der Waals surface area contributed by atoms with Gasteiger partial charge < -0.3 is 9.84 Å². The van der Waals surface area contributed by atoms with Crippen molar-refractivity contribution in [2.24, 2.45) is 5.41 Å². The van der Waals surface area contributed by atoms with Crippen LogP contribution in [0.1, 0.15) is 36.5 Å². The van der Waals surface area contributed by atoms with Crippen LogP contribution in [0, 0.1) is 5.41 Å². The van der Waals surface area contributed by atoms with Crippen LogP contribution in [-0.2, 0) is 6.42 Å². The SMILES string of the molecule is COc1cccc2c1CCC1(CC1)C2O. The first-order valence-corrected chi connectivity index (χ1v) is 5.61. The topological polar surface area (TPSA) is 29.5 Å². The highest BCUT2D eigenvalue weighted by Gasteiger charge is 2.51. The molecule has 0 saturated heterocycles. The number of aliphatic hydroxyl groups excluding tert-OH is 1. The number of hydrogen-bond acceptors (Lipinski definition) is 2. The fourth-order valence-corrected chi connectivity index (χ4v) is 2.82. The monoisotopic (exact) mass is 204 g/mol. The maximum absolute atomic E-state index is 10.3. The minimum absolute atomic E-state index is 0.222. The second-order valence-corrected chi connectivity index (χ2v) is 4.79. The van der Waals surface area contributed by atoms with Crippen LogP contribution < -0.4 is 4.74 Å². The Morgan fingerprint density at radius 1 is 1.33 bits per heavy atom. The molecule has 0 amide bonds. The lowest BCUT2D eigenvalue weighted by Crippen LogP contribution is -2.22.